The van der Waals surface area contributed by atoms with E-state index in [0.717, 1.165) is 0 Å². The number of carbonyl (C=O) groups is 1. The van der Waals surface area contributed by atoms with Crippen LogP contribution in [0.3, 0.4) is 0 Å². The van der Waals surface area contributed by atoms with Crippen molar-refractivity contribution < 1.29 is 32.2 Å². The number of aromatic nitrogens is 2. The predicted molar refractivity (Wildman–Crippen MR) is 125 cm³/mol. The number of esters is 1. The molecule has 188 valence electrons. The maximum Gasteiger partial charge on any atom is 0.338 e. The lowest BCUT2D eigenvalue weighted by Gasteiger charge is -2.30. The van der Waals surface area contributed by atoms with Gasteiger partial charge in [-0.05, 0) is 25.0 Å². The average Bonchev–Trinajstić information content (AvgIpc) is 3.43. The molecule has 3 fully saturated rings. The number of fused-ring (bicyclic) bond motifs is 1. The Morgan fingerprint density at radius 3 is 2.46 bits per heavy atom. The van der Waals surface area contributed by atoms with Gasteiger partial charge in [-0.3, -0.25) is 0 Å². The van der Waals surface area contributed by atoms with Gasteiger partial charge in [0.15, 0.2) is 12.2 Å². The first-order chi connectivity index (χ1) is 16.9. The Morgan fingerprint density at radius 2 is 1.74 bits per heavy atom. The fourth-order valence-corrected chi connectivity index (χ4v) is 5.43. The van der Waals surface area contributed by atoms with E-state index in [1.807, 2.05) is 6.07 Å². The number of benzene rings is 1. The number of anilines is 1. The second kappa shape index (κ2) is 10.1. The van der Waals surface area contributed by atoms with Gasteiger partial charge in [0.2, 0.25) is 21.9 Å². The molecule has 3 aliphatic heterocycles. The van der Waals surface area contributed by atoms with Crippen molar-refractivity contribution in [1.82, 2.24) is 14.3 Å². The van der Waals surface area contributed by atoms with Gasteiger partial charge in [-0.15, -0.1) is 0 Å². The van der Waals surface area contributed by atoms with Crippen molar-refractivity contribution >= 4 is 21.9 Å². The molecule has 5 rings (SSSR count). The second-order valence-corrected chi connectivity index (χ2v) is 10.8. The molecular weight excluding hydrogens is 476 g/mol. The van der Waals surface area contributed by atoms with Gasteiger partial charge in [-0.2, -0.15) is 4.98 Å². The zero-order chi connectivity index (χ0) is 24.4. The number of hydrogen-bond donors (Lipinski definition) is 1. The molecule has 12 heteroatoms. The van der Waals surface area contributed by atoms with E-state index in [1.165, 1.54) is 10.6 Å². The van der Waals surface area contributed by atoms with Crippen molar-refractivity contribution in [3.05, 3.63) is 48.2 Å². The fraction of sp³-hybridized carbons (Fsp3) is 0.522. The number of hydrogen-bond acceptors (Lipinski definition) is 10. The van der Waals surface area contributed by atoms with Crippen LogP contribution >= 0.6 is 0 Å². The topological polar surface area (TPSA) is 129 Å². The molecule has 4 atom stereocenters. The zero-order valence-electron chi connectivity index (χ0n) is 19.3. The van der Waals surface area contributed by atoms with Crippen LogP contribution in [-0.4, -0.2) is 91.7 Å². The molecule has 0 saturated carbocycles. The van der Waals surface area contributed by atoms with Crippen LogP contribution in [0.2, 0.25) is 0 Å². The SMILES string of the molecule is CS(=O)(=O)N1CCC(Nc2nccc(O[C@H]3CO[C@H]4[C@@H]3OC[C@@H]4OC(=O)c3ccccc3)n2)CC1. The molecular formula is C23H28N4O7S. The van der Waals surface area contributed by atoms with Crippen molar-refractivity contribution in [2.24, 2.45) is 0 Å². The Morgan fingerprint density at radius 1 is 1.06 bits per heavy atom. The maximum absolute atomic E-state index is 12.4. The molecule has 35 heavy (non-hydrogen) atoms. The van der Waals surface area contributed by atoms with Crippen LogP contribution in [-0.2, 0) is 24.2 Å². The zero-order valence-corrected chi connectivity index (χ0v) is 20.1. The standard InChI is InChI=1S/C23H28N4O7S/c1-35(29,30)27-11-8-16(9-12-27)25-23-24-10-7-19(26-23)33-17-13-31-21-18(14-32-20(17)21)34-22(28)15-5-3-2-4-6-15/h2-7,10,16-18,20-21H,8-9,11-14H2,1H3,(H,24,25,26)/t17-,18-,20+,21+/m0/s1. The monoisotopic (exact) mass is 504 g/mol. The second-order valence-electron chi connectivity index (χ2n) is 8.86. The maximum atomic E-state index is 12.4. The molecule has 0 aliphatic carbocycles. The summed E-state index contributed by atoms with van der Waals surface area (Å²) in [5, 5.41) is 3.26. The van der Waals surface area contributed by atoms with E-state index in [1.54, 1.807) is 36.5 Å². The highest BCUT2D eigenvalue weighted by molar-refractivity contribution is 7.88. The Kier molecular flexibility index (Phi) is 6.87. The molecule has 11 nitrogen and oxygen atoms in total. The van der Waals surface area contributed by atoms with E-state index >= 15 is 0 Å². The van der Waals surface area contributed by atoms with Crippen LogP contribution in [0.4, 0.5) is 5.95 Å². The van der Waals surface area contributed by atoms with E-state index in [-0.39, 0.29) is 25.4 Å². The van der Waals surface area contributed by atoms with E-state index < -0.39 is 34.3 Å². The molecule has 0 amide bonds. The third-order valence-electron chi connectivity index (χ3n) is 6.39. The molecule has 0 unspecified atom stereocenters. The molecule has 1 aromatic heterocycles. The number of nitrogens with one attached hydrogen (secondary N) is 1. The Labute approximate surface area is 203 Å². The highest BCUT2D eigenvalue weighted by atomic mass is 32.2. The number of ether oxygens (including phenoxy) is 4. The summed E-state index contributed by atoms with van der Waals surface area (Å²) < 4.78 is 48.3. The molecule has 4 heterocycles. The van der Waals surface area contributed by atoms with Gasteiger partial charge in [0.05, 0.1) is 25.0 Å². The van der Waals surface area contributed by atoms with E-state index in [4.69, 9.17) is 18.9 Å². The normalized spacial score (nSPS) is 27.3. The van der Waals surface area contributed by atoms with Crippen LogP contribution in [0.5, 0.6) is 5.88 Å². The van der Waals surface area contributed by atoms with Gasteiger partial charge in [-0.1, -0.05) is 18.2 Å². The number of piperidine rings is 1. The summed E-state index contributed by atoms with van der Waals surface area (Å²) in [6.07, 6.45) is 2.46. The molecule has 3 aliphatic rings. The highest BCUT2D eigenvalue weighted by Gasteiger charge is 2.51. The highest BCUT2D eigenvalue weighted by Crippen LogP contribution is 2.31. The molecule has 1 N–H and O–H groups in total. The van der Waals surface area contributed by atoms with Crippen molar-refractivity contribution in [2.45, 2.75) is 43.3 Å². The van der Waals surface area contributed by atoms with Gasteiger partial charge in [0.25, 0.3) is 0 Å². The van der Waals surface area contributed by atoms with Gasteiger partial charge in [0, 0.05) is 31.4 Å². The Balaban J connectivity index is 1.15. The van der Waals surface area contributed by atoms with Crippen molar-refractivity contribution in [3.63, 3.8) is 0 Å². The number of sulfonamides is 1. The minimum Gasteiger partial charge on any atom is -0.469 e. The first kappa shape index (κ1) is 23.9. The summed E-state index contributed by atoms with van der Waals surface area (Å²) in [4.78, 5) is 21.1. The van der Waals surface area contributed by atoms with Crippen molar-refractivity contribution in [2.75, 3.05) is 37.9 Å². The first-order valence-electron chi connectivity index (χ1n) is 11.6. The van der Waals surface area contributed by atoms with Crippen molar-refractivity contribution in [3.8, 4) is 5.88 Å². The smallest absolute Gasteiger partial charge is 0.338 e. The quantitative estimate of drug-likeness (QED) is 0.547. The summed E-state index contributed by atoms with van der Waals surface area (Å²) >= 11 is 0. The first-order valence-corrected chi connectivity index (χ1v) is 13.4. The Hall–Kier alpha value is -2.80. The number of rotatable bonds is 7. The third kappa shape index (κ3) is 5.56. The van der Waals surface area contributed by atoms with E-state index in [2.05, 4.69) is 15.3 Å². The molecule has 3 saturated heterocycles. The summed E-state index contributed by atoms with van der Waals surface area (Å²) in [7, 11) is -3.17. The fourth-order valence-electron chi connectivity index (χ4n) is 4.56. The molecule has 2 aromatic rings. The van der Waals surface area contributed by atoms with Gasteiger partial charge < -0.3 is 24.3 Å². The van der Waals surface area contributed by atoms with Crippen LogP contribution < -0.4 is 10.1 Å². The van der Waals surface area contributed by atoms with E-state index in [9.17, 15) is 13.2 Å². The molecule has 0 bridgehead atoms. The van der Waals surface area contributed by atoms with Gasteiger partial charge in [0.1, 0.15) is 12.2 Å². The average molecular weight is 505 g/mol. The molecule has 0 spiro atoms. The summed E-state index contributed by atoms with van der Waals surface area (Å²) in [5.41, 5.74) is 0.477. The lowest BCUT2D eigenvalue weighted by Crippen LogP contribution is -2.42. The van der Waals surface area contributed by atoms with Crippen LogP contribution in [0.25, 0.3) is 0 Å². The van der Waals surface area contributed by atoms with Gasteiger partial charge >= 0.3 is 5.97 Å². The van der Waals surface area contributed by atoms with Crippen LogP contribution in [0, 0.1) is 0 Å². The van der Waals surface area contributed by atoms with E-state index in [0.29, 0.717) is 43.3 Å². The van der Waals surface area contributed by atoms with Crippen LogP contribution in [0.15, 0.2) is 42.6 Å². The van der Waals surface area contributed by atoms with Crippen LogP contribution in [0.1, 0.15) is 23.2 Å². The van der Waals surface area contributed by atoms with Crippen molar-refractivity contribution in [1.29, 1.82) is 0 Å². The lowest BCUT2D eigenvalue weighted by atomic mass is 10.1. The van der Waals surface area contributed by atoms with Gasteiger partial charge in [-0.25, -0.2) is 22.5 Å². The summed E-state index contributed by atoms with van der Waals surface area (Å²) in [5.74, 6) is 0.373. The largest absolute Gasteiger partial charge is 0.469 e. The minimum atomic E-state index is -3.17. The molecule has 1 aromatic carbocycles. The Bertz CT molecular complexity index is 1140. The minimum absolute atomic E-state index is 0.0701. The summed E-state index contributed by atoms with van der Waals surface area (Å²) in [6.45, 7) is 1.44. The third-order valence-corrected chi connectivity index (χ3v) is 7.69. The summed E-state index contributed by atoms with van der Waals surface area (Å²) in [6, 6.07) is 10.5. The predicted octanol–water partition coefficient (Wildman–Crippen LogP) is 1.08. The number of nitrogens with zero attached hydrogens (tertiary/aromatic N) is 3. The number of carbonyl (C=O) groups excluding carboxylic acids is 1. The lowest BCUT2D eigenvalue weighted by molar-refractivity contribution is -0.0192. The molecule has 0 radical (unpaired) electrons.